The Hall–Kier alpha value is -1.75. The molecule has 1 aromatic rings. The Morgan fingerprint density at radius 2 is 2.18 bits per heavy atom. The molecule has 118 valence electrons. The summed E-state index contributed by atoms with van der Waals surface area (Å²) in [5.41, 5.74) is 5.51. The van der Waals surface area contributed by atoms with Crippen LogP contribution in [0.4, 0.5) is 5.69 Å². The Morgan fingerprint density at radius 1 is 1.36 bits per heavy atom. The number of rotatable bonds is 3. The number of fused-ring (bicyclic) bond motifs is 1. The summed E-state index contributed by atoms with van der Waals surface area (Å²) in [7, 11) is 0. The lowest BCUT2D eigenvalue weighted by molar-refractivity contribution is 0.0731. The van der Waals surface area contributed by atoms with Crippen LogP contribution in [0, 0.1) is 0 Å². The fraction of sp³-hybridized carbons (Fsp3) is 0.500. The van der Waals surface area contributed by atoms with Crippen LogP contribution in [-0.2, 0) is 6.54 Å². The SMILES string of the molecule is CC(C)N1Cc2c(NN=C3CCCCN3)ccc(Cl)c2C1=O. The topological polar surface area (TPSA) is 56.7 Å². The molecule has 6 heteroatoms. The van der Waals surface area contributed by atoms with Crippen molar-refractivity contribution >= 4 is 29.0 Å². The minimum atomic E-state index is 0.00194. The van der Waals surface area contributed by atoms with Gasteiger partial charge in [0.25, 0.3) is 5.91 Å². The maximum atomic E-state index is 12.5. The van der Waals surface area contributed by atoms with Crippen molar-refractivity contribution in [1.29, 1.82) is 0 Å². The predicted octanol–water partition coefficient (Wildman–Crippen LogP) is 3.20. The minimum absolute atomic E-state index is 0.00194. The van der Waals surface area contributed by atoms with Gasteiger partial charge in [-0.25, -0.2) is 0 Å². The van der Waals surface area contributed by atoms with Gasteiger partial charge in [0, 0.05) is 31.1 Å². The van der Waals surface area contributed by atoms with E-state index < -0.39 is 0 Å². The fourth-order valence-corrected chi connectivity index (χ4v) is 3.14. The number of benzene rings is 1. The summed E-state index contributed by atoms with van der Waals surface area (Å²) >= 11 is 6.23. The van der Waals surface area contributed by atoms with Crippen molar-refractivity contribution in [3.8, 4) is 0 Å². The van der Waals surface area contributed by atoms with Gasteiger partial charge in [0.2, 0.25) is 0 Å². The van der Waals surface area contributed by atoms with Crippen molar-refractivity contribution in [2.45, 2.75) is 45.7 Å². The number of carbonyl (C=O) groups excluding carboxylic acids is 1. The molecule has 2 heterocycles. The maximum Gasteiger partial charge on any atom is 0.256 e. The van der Waals surface area contributed by atoms with Gasteiger partial charge in [-0.05, 0) is 38.8 Å². The lowest BCUT2D eigenvalue weighted by Gasteiger charge is -2.20. The summed E-state index contributed by atoms with van der Waals surface area (Å²) in [6.07, 6.45) is 3.30. The van der Waals surface area contributed by atoms with E-state index in [1.165, 1.54) is 6.42 Å². The van der Waals surface area contributed by atoms with Crippen LogP contribution >= 0.6 is 11.6 Å². The zero-order chi connectivity index (χ0) is 15.7. The maximum absolute atomic E-state index is 12.5. The largest absolute Gasteiger partial charge is 0.372 e. The standard InChI is InChI=1S/C16H21ClN4O/c1-10(2)21-9-11-13(7-6-12(17)15(11)16(21)22)19-20-14-5-3-4-8-18-14/h6-7,10,19H,3-5,8-9H2,1-2H3,(H,18,20). The molecule has 0 bridgehead atoms. The monoisotopic (exact) mass is 320 g/mol. The molecule has 1 amide bonds. The third-order valence-electron chi connectivity index (χ3n) is 4.17. The van der Waals surface area contributed by atoms with Crippen LogP contribution < -0.4 is 10.7 Å². The molecular formula is C16H21ClN4O. The fourth-order valence-electron chi connectivity index (χ4n) is 2.88. The normalized spacial score (nSPS) is 19.5. The van der Waals surface area contributed by atoms with Crippen molar-refractivity contribution in [2.24, 2.45) is 5.10 Å². The zero-order valence-electron chi connectivity index (χ0n) is 12.9. The number of carbonyl (C=O) groups is 1. The number of halogens is 1. The number of nitrogens with one attached hydrogen (secondary N) is 2. The number of hydrazone groups is 1. The second kappa shape index (κ2) is 6.16. The zero-order valence-corrected chi connectivity index (χ0v) is 13.7. The third kappa shape index (κ3) is 2.77. The lowest BCUT2D eigenvalue weighted by atomic mass is 10.1. The number of hydrogen-bond donors (Lipinski definition) is 2. The van der Waals surface area contributed by atoms with Gasteiger partial charge in [0.1, 0.15) is 5.84 Å². The summed E-state index contributed by atoms with van der Waals surface area (Å²) < 4.78 is 0. The molecule has 0 saturated carbocycles. The highest BCUT2D eigenvalue weighted by Gasteiger charge is 2.33. The van der Waals surface area contributed by atoms with E-state index in [9.17, 15) is 4.79 Å². The van der Waals surface area contributed by atoms with Crippen LogP contribution in [0.5, 0.6) is 0 Å². The number of piperidine rings is 1. The van der Waals surface area contributed by atoms with E-state index in [0.29, 0.717) is 17.1 Å². The van der Waals surface area contributed by atoms with Crippen LogP contribution in [-0.4, -0.2) is 29.2 Å². The van der Waals surface area contributed by atoms with Crippen molar-refractivity contribution < 1.29 is 4.79 Å². The average Bonchev–Trinajstić information content (AvgIpc) is 2.87. The molecule has 22 heavy (non-hydrogen) atoms. The Bertz CT molecular complexity index is 619. The van der Waals surface area contributed by atoms with Gasteiger partial charge < -0.3 is 10.2 Å². The molecule has 0 aromatic heterocycles. The molecule has 0 radical (unpaired) electrons. The molecule has 5 nitrogen and oxygen atoms in total. The van der Waals surface area contributed by atoms with Crippen LogP contribution in [0.25, 0.3) is 0 Å². The van der Waals surface area contributed by atoms with E-state index in [1.807, 2.05) is 24.8 Å². The first-order valence-electron chi connectivity index (χ1n) is 7.76. The van der Waals surface area contributed by atoms with E-state index in [2.05, 4.69) is 15.8 Å². The van der Waals surface area contributed by atoms with Crippen LogP contribution in [0.15, 0.2) is 17.2 Å². The van der Waals surface area contributed by atoms with Gasteiger partial charge in [0.05, 0.1) is 16.3 Å². The smallest absolute Gasteiger partial charge is 0.256 e. The number of anilines is 1. The highest BCUT2D eigenvalue weighted by molar-refractivity contribution is 6.34. The van der Waals surface area contributed by atoms with Crippen molar-refractivity contribution in [2.75, 3.05) is 12.0 Å². The molecule has 0 aliphatic carbocycles. The van der Waals surface area contributed by atoms with Gasteiger partial charge in [-0.15, -0.1) is 0 Å². The molecule has 0 spiro atoms. The highest BCUT2D eigenvalue weighted by atomic mass is 35.5. The first-order chi connectivity index (χ1) is 10.6. The number of amides is 1. The summed E-state index contributed by atoms with van der Waals surface area (Å²) in [4.78, 5) is 14.3. The third-order valence-corrected chi connectivity index (χ3v) is 4.48. The van der Waals surface area contributed by atoms with Gasteiger partial charge >= 0.3 is 0 Å². The van der Waals surface area contributed by atoms with Gasteiger partial charge in [-0.3, -0.25) is 10.2 Å². The molecule has 2 aliphatic heterocycles. The molecular weight excluding hydrogens is 300 g/mol. The van der Waals surface area contributed by atoms with Crippen molar-refractivity contribution in [3.05, 3.63) is 28.3 Å². The second-order valence-corrected chi connectivity index (χ2v) is 6.44. The minimum Gasteiger partial charge on any atom is -0.372 e. The van der Waals surface area contributed by atoms with E-state index in [1.54, 1.807) is 6.07 Å². The molecule has 2 N–H and O–H groups in total. The van der Waals surface area contributed by atoms with E-state index in [4.69, 9.17) is 11.6 Å². The Labute approximate surface area is 135 Å². The molecule has 2 aliphatic rings. The molecule has 1 aromatic carbocycles. The van der Waals surface area contributed by atoms with Crippen LogP contribution in [0.3, 0.4) is 0 Å². The summed E-state index contributed by atoms with van der Waals surface area (Å²) in [6, 6.07) is 3.81. The average molecular weight is 321 g/mol. The van der Waals surface area contributed by atoms with E-state index >= 15 is 0 Å². The first kappa shape index (κ1) is 15.2. The lowest BCUT2D eigenvalue weighted by Crippen LogP contribution is -2.30. The predicted molar refractivity (Wildman–Crippen MR) is 89.4 cm³/mol. The van der Waals surface area contributed by atoms with E-state index in [0.717, 1.165) is 36.5 Å². The number of hydrogen-bond acceptors (Lipinski definition) is 3. The second-order valence-electron chi connectivity index (χ2n) is 6.03. The number of nitrogens with zero attached hydrogens (tertiary/aromatic N) is 2. The summed E-state index contributed by atoms with van der Waals surface area (Å²) in [5, 5.41) is 8.24. The summed E-state index contributed by atoms with van der Waals surface area (Å²) in [6.45, 7) is 5.57. The van der Waals surface area contributed by atoms with Crippen LogP contribution in [0.2, 0.25) is 5.02 Å². The molecule has 3 rings (SSSR count). The van der Waals surface area contributed by atoms with Crippen molar-refractivity contribution in [1.82, 2.24) is 10.2 Å². The first-order valence-corrected chi connectivity index (χ1v) is 8.14. The quantitative estimate of drug-likeness (QED) is 0.841. The Balaban J connectivity index is 1.87. The van der Waals surface area contributed by atoms with Gasteiger partial charge in [-0.1, -0.05) is 11.6 Å². The van der Waals surface area contributed by atoms with E-state index in [-0.39, 0.29) is 11.9 Å². The van der Waals surface area contributed by atoms with Crippen molar-refractivity contribution in [3.63, 3.8) is 0 Å². The molecule has 0 atom stereocenters. The van der Waals surface area contributed by atoms with Crippen LogP contribution in [0.1, 0.15) is 49.0 Å². The Kier molecular flexibility index (Phi) is 4.25. The number of amidine groups is 1. The highest BCUT2D eigenvalue weighted by Crippen LogP contribution is 2.35. The summed E-state index contributed by atoms with van der Waals surface area (Å²) in [5.74, 6) is 0.974. The molecule has 1 saturated heterocycles. The molecule has 0 unspecified atom stereocenters. The van der Waals surface area contributed by atoms with Gasteiger partial charge in [0.15, 0.2) is 0 Å². The Morgan fingerprint density at radius 3 is 2.86 bits per heavy atom. The van der Waals surface area contributed by atoms with Gasteiger partial charge in [-0.2, -0.15) is 5.10 Å². The molecule has 1 fully saturated rings.